The molecule has 4 aromatic carbocycles. The predicted molar refractivity (Wildman–Crippen MR) is 157 cm³/mol. The number of benzene rings is 4. The van der Waals surface area contributed by atoms with E-state index in [9.17, 15) is 13.2 Å². The van der Waals surface area contributed by atoms with Crippen molar-refractivity contribution in [2.75, 3.05) is 5.32 Å². The first kappa shape index (κ1) is 25.5. The number of nitrogens with one attached hydrogen (secondary N) is 1. The van der Waals surface area contributed by atoms with E-state index in [0.717, 1.165) is 20.8 Å². The van der Waals surface area contributed by atoms with Crippen LogP contribution in [0, 0.1) is 6.92 Å². The van der Waals surface area contributed by atoms with Crippen molar-refractivity contribution in [2.45, 2.75) is 23.7 Å². The molecule has 7 heteroatoms. The molecular formula is C33H27N3O3S. The van der Waals surface area contributed by atoms with Crippen LogP contribution in [0.5, 0.6) is 0 Å². The van der Waals surface area contributed by atoms with Crippen LogP contribution in [0.25, 0.3) is 6.08 Å². The van der Waals surface area contributed by atoms with E-state index in [1.165, 1.54) is 0 Å². The number of allylic oxidation sites excluding steroid dienone is 1. The van der Waals surface area contributed by atoms with Gasteiger partial charge in [0.15, 0.2) is 5.82 Å². The third-order valence-corrected chi connectivity index (χ3v) is 8.99. The largest absolute Gasteiger partial charge is 0.305 e. The summed E-state index contributed by atoms with van der Waals surface area (Å²) in [5.41, 5.74) is 3.89. The van der Waals surface area contributed by atoms with Gasteiger partial charge in [0.2, 0.25) is 0 Å². The smallest absolute Gasteiger partial charge is 0.283 e. The molecule has 198 valence electrons. The topological polar surface area (TPSA) is 81.1 Å². The number of hydrogen-bond donors (Lipinski definition) is 1. The highest BCUT2D eigenvalue weighted by Crippen LogP contribution is 2.43. The highest BCUT2D eigenvalue weighted by atomic mass is 32.2. The van der Waals surface area contributed by atoms with Crippen molar-refractivity contribution < 1.29 is 13.2 Å². The van der Waals surface area contributed by atoms with Crippen LogP contribution in [0.2, 0.25) is 0 Å². The Morgan fingerprint density at radius 3 is 1.93 bits per heavy atom. The summed E-state index contributed by atoms with van der Waals surface area (Å²) in [6, 6.07) is 35.5. The monoisotopic (exact) mass is 545 g/mol. The second-order valence-corrected chi connectivity index (χ2v) is 11.7. The van der Waals surface area contributed by atoms with Gasteiger partial charge in [-0.2, -0.15) is 12.5 Å². The molecule has 0 spiro atoms. The molecule has 1 aromatic heterocycles. The normalized spacial score (nSPS) is 13.9. The van der Waals surface area contributed by atoms with Gasteiger partial charge >= 0.3 is 0 Å². The second kappa shape index (κ2) is 10.1. The Morgan fingerprint density at radius 2 is 1.35 bits per heavy atom. The van der Waals surface area contributed by atoms with Crippen LogP contribution in [0.1, 0.15) is 38.3 Å². The number of rotatable bonds is 6. The summed E-state index contributed by atoms with van der Waals surface area (Å²) in [6.07, 6.45) is 4.29. The fourth-order valence-corrected chi connectivity index (χ4v) is 6.56. The summed E-state index contributed by atoms with van der Waals surface area (Å²) in [4.78, 5) is 13.2. The number of aromatic nitrogens is 2. The molecule has 0 aliphatic heterocycles. The van der Waals surface area contributed by atoms with E-state index in [2.05, 4.69) is 40.8 Å². The Bertz CT molecular complexity index is 1770. The number of hydrogen-bond acceptors (Lipinski definition) is 4. The van der Waals surface area contributed by atoms with Gasteiger partial charge in [0, 0.05) is 23.0 Å². The molecule has 1 amide bonds. The zero-order chi connectivity index (χ0) is 27.7. The van der Waals surface area contributed by atoms with Crippen molar-refractivity contribution in [3.63, 3.8) is 0 Å². The lowest BCUT2D eigenvalue weighted by Gasteiger charge is -2.35. The van der Waals surface area contributed by atoms with Gasteiger partial charge in [0.05, 0.1) is 10.6 Å². The van der Waals surface area contributed by atoms with Crippen molar-refractivity contribution in [1.29, 1.82) is 0 Å². The maximum absolute atomic E-state index is 14.0. The van der Waals surface area contributed by atoms with Crippen molar-refractivity contribution >= 4 is 27.8 Å². The molecule has 0 atom stereocenters. The van der Waals surface area contributed by atoms with Crippen molar-refractivity contribution in [2.24, 2.45) is 0 Å². The minimum Gasteiger partial charge on any atom is -0.305 e. The standard InChI is InChI=1S/C33H27N3O3S/c1-24-17-19-28(20-18-24)40(38,39)36-30-23-33(26-13-7-3-8-14-26,27-15-9-4-10-16-27)22-21-29(30)31(35-36)34-32(37)25-11-5-2-6-12-25/h2-22H,23H2,1H3,(H,34,35,37). The first-order valence-corrected chi connectivity index (χ1v) is 14.4. The molecule has 0 saturated carbocycles. The Morgan fingerprint density at radius 1 is 0.800 bits per heavy atom. The predicted octanol–water partition coefficient (Wildman–Crippen LogP) is 6.24. The molecule has 6 rings (SSSR count). The van der Waals surface area contributed by atoms with Crippen LogP contribution in [-0.4, -0.2) is 23.5 Å². The average Bonchev–Trinajstić information content (AvgIpc) is 3.36. The molecule has 40 heavy (non-hydrogen) atoms. The van der Waals surface area contributed by atoms with E-state index >= 15 is 0 Å². The summed E-state index contributed by atoms with van der Waals surface area (Å²) < 4.78 is 29.2. The van der Waals surface area contributed by atoms with Crippen LogP contribution in [0.4, 0.5) is 5.82 Å². The lowest BCUT2D eigenvalue weighted by atomic mass is 9.68. The maximum Gasteiger partial charge on any atom is 0.283 e. The first-order valence-electron chi connectivity index (χ1n) is 13.0. The number of anilines is 1. The van der Waals surface area contributed by atoms with Crippen LogP contribution in [0.3, 0.4) is 0 Å². The first-order chi connectivity index (χ1) is 19.4. The van der Waals surface area contributed by atoms with Gasteiger partial charge in [-0.05, 0) is 42.3 Å². The zero-order valence-corrected chi connectivity index (χ0v) is 22.7. The van der Waals surface area contributed by atoms with Crippen LogP contribution < -0.4 is 5.32 Å². The highest BCUT2D eigenvalue weighted by Gasteiger charge is 2.40. The Labute approximate surface area is 233 Å². The number of amides is 1. The number of fused-ring (bicyclic) bond motifs is 1. The van der Waals surface area contributed by atoms with Gasteiger partial charge in [-0.15, -0.1) is 5.10 Å². The molecule has 0 radical (unpaired) electrons. The van der Waals surface area contributed by atoms with Crippen molar-refractivity contribution in [3.05, 3.63) is 155 Å². The molecule has 5 aromatic rings. The zero-order valence-electron chi connectivity index (χ0n) is 21.9. The van der Waals surface area contributed by atoms with E-state index in [0.29, 0.717) is 23.2 Å². The second-order valence-electron chi connectivity index (χ2n) is 9.90. The van der Waals surface area contributed by atoms with Gasteiger partial charge < -0.3 is 5.32 Å². The molecule has 0 bridgehead atoms. The maximum atomic E-state index is 14.0. The van der Waals surface area contributed by atoms with Gasteiger partial charge in [0.25, 0.3) is 15.9 Å². The summed E-state index contributed by atoms with van der Waals surface area (Å²) >= 11 is 0. The Hall–Kier alpha value is -4.75. The van der Waals surface area contributed by atoms with E-state index in [1.54, 1.807) is 48.5 Å². The number of carbonyl (C=O) groups is 1. The van der Waals surface area contributed by atoms with Crippen LogP contribution in [0.15, 0.2) is 126 Å². The molecule has 1 N–H and O–H groups in total. The molecule has 1 heterocycles. The van der Waals surface area contributed by atoms with E-state index in [-0.39, 0.29) is 16.6 Å². The molecule has 6 nitrogen and oxygen atoms in total. The SMILES string of the molecule is Cc1ccc(S(=O)(=O)n2nc(NC(=O)c3ccccc3)c3c2CC(c2ccccc2)(c2ccccc2)C=C3)cc1. The lowest BCUT2D eigenvalue weighted by molar-refractivity contribution is 0.102. The molecule has 1 aliphatic carbocycles. The Balaban J connectivity index is 1.54. The number of aryl methyl sites for hydroxylation is 1. The fourth-order valence-electron chi connectivity index (χ4n) is 5.24. The van der Waals surface area contributed by atoms with Crippen molar-refractivity contribution in [3.8, 4) is 0 Å². The average molecular weight is 546 g/mol. The fraction of sp³-hybridized carbons (Fsp3) is 0.0909. The minimum absolute atomic E-state index is 0.129. The molecule has 0 saturated heterocycles. The highest BCUT2D eigenvalue weighted by molar-refractivity contribution is 7.89. The summed E-state index contributed by atoms with van der Waals surface area (Å²) in [6.45, 7) is 1.91. The van der Waals surface area contributed by atoms with Crippen LogP contribution in [-0.2, 0) is 21.9 Å². The van der Waals surface area contributed by atoms with E-state index in [4.69, 9.17) is 0 Å². The summed E-state index contributed by atoms with van der Waals surface area (Å²) in [5, 5.41) is 7.39. The minimum atomic E-state index is -4.07. The van der Waals surface area contributed by atoms with Crippen LogP contribution >= 0.6 is 0 Å². The quantitative estimate of drug-likeness (QED) is 0.274. The van der Waals surface area contributed by atoms with Crippen molar-refractivity contribution in [1.82, 2.24) is 9.19 Å². The lowest BCUT2D eigenvalue weighted by Crippen LogP contribution is -2.32. The molecule has 0 unspecified atom stereocenters. The third kappa shape index (κ3) is 4.44. The van der Waals surface area contributed by atoms with Gasteiger partial charge in [0.1, 0.15) is 0 Å². The van der Waals surface area contributed by atoms with Gasteiger partial charge in [-0.1, -0.05) is 109 Å². The third-order valence-electron chi connectivity index (χ3n) is 7.36. The van der Waals surface area contributed by atoms with E-state index < -0.39 is 15.4 Å². The number of carbonyl (C=O) groups excluding carboxylic acids is 1. The Kier molecular flexibility index (Phi) is 6.44. The summed E-state index contributed by atoms with van der Waals surface area (Å²) in [7, 11) is -4.07. The molecular weight excluding hydrogens is 518 g/mol. The summed E-state index contributed by atoms with van der Waals surface area (Å²) in [5.74, 6) is -0.164. The van der Waals surface area contributed by atoms with Gasteiger partial charge in [-0.3, -0.25) is 4.79 Å². The molecule has 0 fully saturated rings. The molecule has 1 aliphatic rings. The van der Waals surface area contributed by atoms with Gasteiger partial charge in [-0.25, -0.2) is 0 Å². The van der Waals surface area contributed by atoms with E-state index in [1.807, 2.05) is 55.5 Å². The number of nitrogens with zero attached hydrogens (tertiary/aromatic N) is 2.